The maximum Gasteiger partial charge on any atom is 0.238 e. The van der Waals surface area contributed by atoms with Crippen LogP contribution in [0, 0.1) is 0 Å². The molecule has 2 aromatic carbocycles. The van der Waals surface area contributed by atoms with E-state index in [4.69, 9.17) is 16.7 Å². The van der Waals surface area contributed by atoms with Gasteiger partial charge in [-0.1, -0.05) is 41.9 Å². The van der Waals surface area contributed by atoms with E-state index in [0.717, 1.165) is 29.1 Å². The van der Waals surface area contributed by atoms with Gasteiger partial charge in [0.05, 0.1) is 4.90 Å². The molecule has 0 bridgehead atoms. The minimum absolute atomic E-state index is 0. The lowest BCUT2D eigenvalue weighted by molar-refractivity contribution is 0.597. The van der Waals surface area contributed by atoms with Crippen LogP contribution in [-0.4, -0.2) is 15.0 Å². The molecule has 4 nitrogen and oxygen atoms in total. The van der Waals surface area contributed by atoms with Crippen molar-refractivity contribution in [1.29, 1.82) is 0 Å². The normalized spacial score (nSPS) is 11.0. The van der Waals surface area contributed by atoms with Crippen LogP contribution in [0.25, 0.3) is 0 Å². The van der Waals surface area contributed by atoms with Gasteiger partial charge in [-0.25, -0.2) is 13.6 Å². The van der Waals surface area contributed by atoms with Crippen molar-refractivity contribution in [1.82, 2.24) is 5.32 Å². The van der Waals surface area contributed by atoms with Gasteiger partial charge in [-0.15, -0.1) is 12.4 Å². The molecule has 0 atom stereocenters. The number of hydrogen-bond donors (Lipinski definition) is 2. The minimum atomic E-state index is -3.62. The molecule has 0 amide bonds. The molecular weight excluding hydrogens is 343 g/mol. The van der Waals surface area contributed by atoms with E-state index < -0.39 is 10.0 Å². The van der Waals surface area contributed by atoms with Crippen molar-refractivity contribution in [2.75, 3.05) is 6.54 Å². The van der Waals surface area contributed by atoms with Gasteiger partial charge in [-0.05, 0) is 42.3 Å². The predicted octanol–water partition coefficient (Wildman–Crippen LogP) is 2.74. The highest BCUT2D eigenvalue weighted by molar-refractivity contribution is 7.89. The fourth-order valence-corrected chi connectivity index (χ4v) is 2.66. The second kappa shape index (κ2) is 8.50. The van der Waals surface area contributed by atoms with E-state index in [-0.39, 0.29) is 17.3 Å². The summed E-state index contributed by atoms with van der Waals surface area (Å²) in [4.78, 5) is 0.135. The fourth-order valence-electron chi connectivity index (χ4n) is 1.94. The summed E-state index contributed by atoms with van der Waals surface area (Å²) in [6, 6.07) is 14.3. The third-order valence-electron chi connectivity index (χ3n) is 3.12. The molecule has 0 radical (unpaired) electrons. The van der Waals surface area contributed by atoms with Gasteiger partial charge in [0.25, 0.3) is 0 Å². The van der Waals surface area contributed by atoms with Gasteiger partial charge in [0, 0.05) is 11.6 Å². The molecular formula is C15H18Cl2N2O2S. The zero-order chi connectivity index (χ0) is 15.3. The Bertz CT molecular complexity index is 704. The molecule has 0 aromatic heterocycles. The molecule has 22 heavy (non-hydrogen) atoms. The van der Waals surface area contributed by atoms with Crippen molar-refractivity contribution in [3.05, 3.63) is 64.7 Å². The van der Waals surface area contributed by atoms with Gasteiger partial charge in [0.2, 0.25) is 10.0 Å². The van der Waals surface area contributed by atoms with Crippen LogP contribution in [0.15, 0.2) is 53.4 Å². The lowest BCUT2D eigenvalue weighted by atomic mass is 10.1. The highest BCUT2D eigenvalue weighted by atomic mass is 35.5. The molecule has 0 aliphatic carbocycles. The third kappa shape index (κ3) is 5.59. The number of benzene rings is 2. The summed E-state index contributed by atoms with van der Waals surface area (Å²) in [5, 5.41) is 9.12. The number of primary sulfonamides is 1. The summed E-state index contributed by atoms with van der Waals surface area (Å²) >= 11 is 6.07. The van der Waals surface area contributed by atoms with Crippen molar-refractivity contribution >= 4 is 34.0 Å². The van der Waals surface area contributed by atoms with Gasteiger partial charge in [-0.3, -0.25) is 0 Å². The Morgan fingerprint density at radius 3 is 2.27 bits per heavy atom. The number of sulfonamides is 1. The Labute approximate surface area is 142 Å². The quantitative estimate of drug-likeness (QED) is 0.777. The second-order valence-corrected chi connectivity index (χ2v) is 6.68. The highest BCUT2D eigenvalue weighted by Crippen LogP contribution is 2.14. The molecule has 0 aliphatic rings. The maximum atomic E-state index is 11.1. The standard InChI is InChI=1S/C15H17ClN2O2S.ClH/c16-15-4-2-1-3-13(15)11-18-10-9-12-5-7-14(8-6-12)21(17,19)20;/h1-8,18H,9-11H2,(H2,17,19,20);1H. The zero-order valence-electron chi connectivity index (χ0n) is 11.8. The van der Waals surface area contributed by atoms with Crippen molar-refractivity contribution in [3.63, 3.8) is 0 Å². The number of hydrogen-bond acceptors (Lipinski definition) is 3. The highest BCUT2D eigenvalue weighted by Gasteiger charge is 2.06. The second-order valence-electron chi connectivity index (χ2n) is 4.71. The molecule has 0 unspecified atom stereocenters. The maximum absolute atomic E-state index is 11.1. The molecule has 0 saturated heterocycles. The Balaban J connectivity index is 0.00000242. The van der Waals surface area contributed by atoms with E-state index >= 15 is 0 Å². The summed E-state index contributed by atoms with van der Waals surface area (Å²) < 4.78 is 22.3. The van der Waals surface area contributed by atoms with Crippen LogP contribution in [-0.2, 0) is 23.0 Å². The molecule has 0 fully saturated rings. The summed E-state index contributed by atoms with van der Waals surface area (Å²) in [6.07, 6.45) is 0.801. The summed E-state index contributed by atoms with van der Waals surface area (Å²) in [5.74, 6) is 0. The smallest absolute Gasteiger partial charge is 0.238 e. The van der Waals surface area contributed by atoms with Crippen molar-refractivity contribution in [2.24, 2.45) is 5.14 Å². The zero-order valence-corrected chi connectivity index (χ0v) is 14.2. The van der Waals surface area contributed by atoms with Gasteiger partial charge in [0.1, 0.15) is 0 Å². The number of nitrogens with one attached hydrogen (secondary N) is 1. The molecule has 3 N–H and O–H groups in total. The number of halogens is 2. The predicted molar refractivity (Wildman–Crippen MR) is 91.9 cm³/mol. The fraction of sp³-hybridized carbons (Fsp3) is 0.200. The third-order valence-corrected chi connectivity index (χ3v) is 4.41. The molecule has 0 aliphatic heterocycles. The summed E-state index contributed by atoms with van der Waals surface area (Å²) in [5.41, 5.74) is 2.11. The van der Waals surface area contributed by atoms with Gasteiger partial charge in [0.15, 0.2) is 0 Å². The first-order chi connectivity index (χ1) is 9.97. The summed E-state index contributed by atoms with van der Waals surface area (Å²) in [6.45, 7) is 1.48. The van der Waals surface area contributed by atoms with Crippen molar-refractivity contribution < 1.29 is 8.42 Å². The summed E-state index contributed by atoms with van der Waals surface area (Å²) in [7, 11) is -3.62. The van der Waals surface area contributed by atoms with Gasteiger partial charge < -0.3 is 5.32 Å². The van der Waals surface area contributed by atoms with E-state index in [2.05, 4.69) is 5.32 Å². The Kier molecular flexibility index (Phi) is 7.32. The van der Waals surface area contributed by atoms with Crippen LogP contribution in [0.2, 0.25) is 5.02 Å². The first kappa shape index (κ1) is 18.9. The van der Waals surface area contributed by atoms with Crippen LogP contribution < -0.4 is 10.5 Å². The van der Waals surface area contributed by atoms with Crippen molar-refractivity contribution in [3.8, 4) is 0 Å². The number of rotatable bonds is 6. The van der Waals surface area contributed by atoms with Crippen LogP contribution in [0.4, 0.5) is 0 Å². The molecule has 0 heterocycles. The largest absolute Gasteiger partial charge is 0.312 e. The number of nitrogens with two attached hydrogens (primary N) is 1. The monoisotopic (exact) mass is 360 g/mol. The molecule has 2 rings (SSSR count). The minimum Gasteiger partial charge on any atom is -0.312 e. The lowest BCUT2D eigenvalue weighted by Gasteiger charge is -2.07. The van der Waals surface area contributed by atoms with E-state index in [1.165, 1.54) is 12.1 Å². The molecule has 0 spiro atoms. The van der Waals surface area contributed by atoms with Crippen LogP contribution in [0.1, 0.15) is 11.1 Å². The first-order valence-corrected chi connectivity index (χ1v) is 8.45. The van der Waals surface area contributed by atoms with E-state index in [1.54, 1.807) is 12.1 Å². The Hall–Kier alpha value is -1.11. The topological polar surface area (TPSA) is 72.2 Å². The molecule has 2 aromatic rings. The van der Waals surface area contributed by atoms with Gasteiger partial charge >= 0.3 is 0 Å². The SMILES string of the molecule is Cl.NS(=O)(=O)c1ccc(CCNCc2ccccc2Cl)cc1. The van der Waals surface area contributed by atoms with Crippen LogP contribution >= 0.6 is 24.0 Å². The van der Waals surface area contributed by atoms with Gasteiger partial charge in [-0.2, -0.15) is 0 Å². The van der Waals surface area contributed by atoms with Crippen LogP contribution in [0.5, 0.6) is 0 Å². The average Bonchev–Trinajstić information content (AvgIpc) is 2.45. The molecule has 7 heteroatoms. The van der Waals surface area contributed by atoms with E-state index in [9.17, 15) is 8.42 Å². The van der Waals surface area contributed by atoms with E-state index in [0.29, 0.717) is 6.54 Å². The molecule has 0 saturated carbocycles. The van der Waals surface area contributed by atoms with Crippen molar-refractivity contribution in [2.45, 2.75) is 17.9 Å². The first-order valence-electron chi connectivity index (χ1n) is 6.53. The molecule has 120 valence electrons. The Morgan fingerprint density at radius 1 is 1.05 bits per heavy atom. The van der Waals surface area contributed by atoms with E-state index in [1.807, 2.05) is 24.3 Å². The van der Waals surface area contributed by atoms with Crippen LogP contribution in [0.3, 0.4) is 0 Å². The average molecular weight is 361 g/mol. The Morgan fingerprint density at radius 2 is 1.68 bits per heavy atom. The lowest BCUT2D eigenvalue weighted by Crippen LogP contribution is -2.17.